The van der Waals surface area contributed by atoms with Gasteiger partial charge in [0.25, 0.3) is 0 Å². The maximum absolute atomic E-state index is 4.39. The maximum atomic E-state index is 4.39. The molecule has 1 aliphatic rings. The van der Waals surface area contributed by atoms with Crippen molar-refractivity contribution in [3.8, 4) is 0 Å². The van der Waals surface area contributed by atoms with Crippen LogP contribution in [0.1, 0.15) is 27.3 Å². The average Bonchev–Trinajstić information content (AvgIpc) is 3.15. The highest BCUT2D eigenvalue weighted by Gasteiger charge is 2.20. The fourth-order valence-electron chi connectivity index (χ4n) is 2.68. The molecule has 3 aromatic heterocycles. The van der Waals surface area contributed by atoms with Crippen LogP contribution in [0.15, 0.2) is 22.9 Å². The van der Waals surface area contributed by atoms with Crippen molar-refractivity contribution >= 4 is 44.9 Å². The lowest BCUT2D eigenvalue weighted by Gasteiger charge is -2.02. The summed E-state index contributed by atoms with van der Waals surface area (Å²) in [5.41, 5.74) is 5.76. The number of fused-ring (bicyclic) bond motifs is 3. The zero-order chi connectivity index (χ0) is 14.2. The van der Waals surface area contributed by atoms with Crippen molar-refractivity contribution in [2.45, 2.75) is 26.2 Å². The second-order valence-electron chi connectivity index (χ2n) is 5.10. The van der Waals surface area contributed by atoms with E-state index in [1.54, 1.807) is 29.0 Å². The second kappa shape index (κ2) is 5.20. The number of nitrogens with zero attached hydrogens (tertiary/aromatic N) is 3. The molecule has 0 bridgehead atoms. The minimum Gasteiger partial charge on any atom is -0.261 e. The van der Waals surface area contributed by atoms with Crippen LogP contribution in [0.2, 0.25) is 0 Å². The Morgan fingerprint density at radius 2 is 2.29 bits per heavy atom. The molecule has 0 saturated heterocycles. The van der Waals surface area contributed by atoms with E-state index in [1.165, 1.54) is 33.7 Å². The molecule has 0 fully saturated rings. The van der Waals surface area contributed by atoms with Crippen molar-refractivity contribution < 1.29 is 0 Å². The Hall–Kier alpha value is -1.79. The van der Waals surface area contributed by atoms with Crippen LogP contribution in [0.5, 0.6) is 0 Å². The van der Waals surface area contributed by atoms with E-state index in [9.17, 15) is 0 Å². The lowest BCUT2D eigenvalue weighted by Crippen LogP contribution is -1.95. The molecule has 3 aromatic rings. The van der Waals surface area contributed by atoms with E-state index in [0.29, 0.717) is 0 Å². The lowest BCUT2D eigenvalue weighted by molar-refractivity contribution is 0.917. The van der Waals surface area contributed by atoms with Crippen molar-refractivity contribution in [1.82, 2.24) is 9.97 Å². The fraction of sp³-hybridized carbons (Fsp3) is 0.267. The molecular weight excluding hydrogens is 300 g/mol. The number of anilines is 1. The molecule has 0 spiro atoms. The second-order valence-corrected chi connectivity index (χ2v) is 7.13. The molecule has 21 heavy (non-hydrogen) atoms. The Labute approximate surface area is 130 Å². The molecule has 106 valence electrons. The fourth-order valence-corrected chi connectivity index (χ4v) is 4.70. The summed E-state index contributed by atoms with van der Waals surface area (Å²) in [5.74, 6) is 0.824. The zero-order valence-electron chi connectivity index (χ0n) is 11.6. The van der Waals surface area contributed by atoms with Gasteiger partial charge in [-0.05, 0) is 48.8 Å². The van der Waals surface area contributed by atoms with Crippen molar-refractivity contribution in [2.24, 2.45) is 5.10 Å². The summed E-state index contributed by atoms with van der Waals surface area (Å²) in [6, 6.07) is 2.10. The molecule has 0 unspecified atom stereocenters. The summed E-state index contributed by atoms with van der Waals surface area (Å²) in [7, 11) is 0. The first-order valence-electron chi connectivity index (χ1n) is 6.91. The van der Waals surface area contributed by atoms with Crippen LogP contribution in [0, 0.1) is 6.92 Å². The molecule has 0 atom stereocenters. The smallest absolute Gasteiger partial charge is 0.158 e. The number of hydrogen-bond donors (Lipinski definition) is 1. The molecule has 0 radical (unpaired) electrons. The first-order valence-corrected chi connectivity index (χ1v) is 8.61. The highest BCUT2D eigenvalue weighted by molar-refractivity contribution is 7.19. The van der Waals surface area contributed by atoms with E-state index in [0.717, 1.165) is 22.5 Å². The largest absolute Gasteiger partial charge is 0.261 e. The molecule has 0 amide bonds. The molecule has 4 rings (SSSR count). The minimum absolute atomic E-state index is 0.824. The van der Waals surface area contributed by atoms with Gasteiger partial charge >= 0.3 is 0 Å². The normalized spacial score (nSPS) is 14.1. The van der Waals surface area contributed by atoms with Crippen molar-refractivity contribution in [1.29, 1.82) is 0 Å². The van der Waals surface area contributed by atoms with Gasteiger partial charge in [-0.25, -0.2) is 9.97 Å². The number of rotatable bonds is 3. The number of thiophene rings is 2. The van der Waals surface area contributed by atoms with Gasteiger partial charge in [-0.3, -0.25) is 5.43 Å². The Morgan fingerprint density at radius 3 is 3.14 bits per heavy atom. The monoisotopic (exact) mass is 314 g/mol. The lowest BCUT2D eigenvalue weighted by atomic mass is 10.2. The first-order chi connectivity index (χ1) is 10.3. The third kappa shape index (κ3) is 2.24. The average molecular weight is 314 g/mol. The highest BCUT2D eigenvalue weighted by atomic mass is 32.1. The van der Waals surface area contributed by atoms with Gasteiger partial charge in [0.05, 0.1) is 11.6 Å². The van der Waals surface area contributed by atoms with E-state index in [1.807, 2.05) is 6.21 Å². The van der Waals surface area contributed by atoms with E-state index in [2.05, 4.69) is 38.9 Å². The summed E-state index contributed by atoms with van der Waals surface area (Å²) in [6.45, 7) is 2.09. The Kier molecular flexibility index (Phi) is 3.20. The minimum atomic E-state index is 0.824. The van der Waals surface area contributed by atoms with Gasteiger partial charge in [-0.2, -0.15) is 5.10 Å². The summed E-state index contributed by atoms with van der Waals surface area (Å²) >= 11 is 3.48. The van der Waals surface area contributed by atoms with Crippen molar-refractivity contribution in [3.05, 3.63) is 38.7 Å². The van der Waals surface area contributed by atoms with Crippen LogP contribution in [-0.4, -0.2) is 16.2 Å². The number of hydrazone groups is 1. The van der Waals surface area contributed by atoms with Gasteiger partial charge in [-0.15, -0.1) is 22.7 Å². The third-order valence-electron chi connectivity index (χ3n) is 3.76. The molecule has 0 saturated carbocycles. The van der Waals surface area contributed by atoms with Gasteiger partial charge < -0.3 is 0 Å². The summed E-state index contributed by atoms with van der Waals surface area (Å²) in [6.07, 6.45) is 7.02. The first kappa shape index (κ1) is 12.9. The zero-order valence-corrected chi connectivity index (χ0v) is 13.2. The third-order valence-corrected chi connectivity index (χ3v) is 5.91. The van der Waals surface area contributed by atoms with Crippen molar-refractivity contribution in [3.63, 3.8) is 0 Å². The van der Waals surface area contributed by atoms with Gasteiger partial charge in [-0.1, -0.05) is 0 Å². The molecule has 6 heteroatoms. The SMILES string of the molecule is Cc1ccsc1/C=N\Nc1ncnc2sc3c(c12)CCC3. The van der Waals surface area contributed by atoms with Gasteiger partial charge in [0.2, 0.25) is 0 Å². The van der Waals surface area contributed by atoms with E-state index >= 15 is 0 Å². The van der Waals surface area contributed by atoms with E-state index in [4.69, 9.17) is 0 Å². The van der Waals surface area contributed by atoms with Crippen LogP contribution in [-0.2, 0) is 12.8 Å². The Bertz CT molecular complexity index is 831. The number of hydrogen-bond acceptors (Lipinski definition) is 6. The molecular formula is C15H14N4S2. The molecule has 3 heterocycles. The topological polar surface area (TPSA) is 50.2 Å². The Balaban J connectivity index is 1.68. The predicted molar refractivity (Wildman–Crippen MR) is 89.7 cm³/mol. The summed E-state index contributed by atoms with van der Waals surface area (Å²) in [4.78, 5) is 12.5. The molecule has 1 aliphatic carbocycles. The highest BCUT2D eigenvalue weighted by Crippen LogP contribution is 2.38. The molecule has 0 aromatic carbocycles. The quantitative estimate of drug-likeness (QED) is 0.587. The number of nitrogens with one attached hydrogen (secondary N) is 1. The van der Waals surface area contributed by atoms with Crippen LogP contribution >= 0.6 is 22.7 Å². The van der Waals surface area contributed by atoms with Crippen LogP contribution < -0.4 is 5.43 Å². The predicted octanol–water partition coefficient (Wildman–Crippen LogP) is 4.00. The molecule has 4 nitrogen and oxygen atoms in total. The van der Waals surface area contributed by atoms with Crippen LogP contribution in [0.25, 0.3) is 10.2 Å². The molecule has 1 N–H and O–H groups in total. The van der Waals surface area contributed by atoms with Gasteiger partial charge in [0.1, 0.15) is 11.2 Å². The Morgan fingerprint density at radius 1 is 1.33 bits per heavy atom. The number of aromatic nitrogens is 2. The number of aryl methyl sites for hydroxylation is 3. The van der Waals surface area contributed by atoms with Crippen LogP contribution in [0.4, 0.5) is 5.82 Å². The standard InChI is InChI=1S/C15H14N4S2/c1-9-5-6-20-12(9)7-18-19-14-13-10-3-2-4-11(10)21-15(13)17-8-16-14/h5-8H,2-4H2,1H3,(H,16,17,19)/b18-7-. The summed E-state index contributed by atoms with van der Waals surface area (Å²) < 4.78 is 0. The van der Waals surface area contributed by atoms with E-state index < -0.39 is 0 Å². The maximum Gasteiger partial charge on any atom is 0.158 e. The van der Waals surface area contributed by atoms with Crippen LogP contribution in [0.3, 0.4) is 0 Å². The molecule has 0 aliphatic heterocycles. The summed E-state index contributed by atoms with van der Waals surface area (Å²) in [5, 5.41) is 7.59. The van der Waals surface area contributed by atoms with Gasteiger partial charge in [0.15, 0.2) is 5.82 Å². The van der Waals surface area contributed by atoms with E-state index in [-0.39, 0.29) is 0 Å². The van der Waals surface area contributed by atoms with Gasteiger partial charge in [0, 0.05) is 9.75 Å². The van der Waals surface area contributed by atoms with Crippen molar-refractivity contribution in [2.75, 3.05) is 5.43 Å².